The second-order valence-corrected chi connectivity index (χ2v) is 2.61. The average Bonchev–Trinajstić information content (AvgIpc) is 2.17. The molecule has 0 radical (unpaired) electrons. The Morgan fingerprint density at radius 2 is 2.00 bits per heavy atom. The number of imidazole rings is 1. The van der Waals surface area contributed by atoms with Gasteiger partial charge >= 0.3 is 0 Å². The number of rotatable bonds is 0. The number of nitrogen functional groups attached to an aromatic ring is 1. The molecule has 2 N–H and O–H groups in total. The van der Waals surface area contributed by atoms with Crippen molar-refractivity contribution in [2.24, 2.45) is 14.1 Å². The molecule has 11 heavy (non-hydrogen) atoms. The quantitative estimate of drug-likeness (QED) is 0.575. The molecule has 0 spiro atoms. The largest absolute Gasteiger partial charge is 0.383 e. The number of hydrogen-bond acceptors (Lipinski definition) is 3. The summed E-state index contributed by atoms with van der Waals surface area (Å²) in [5.41, 5.74) is 5.98. The van der Waals surface area contributed by atoms with Crippen LogP contribution in [0.3, 0.4) is 0 Å². The highest BCUT2D eigenvalue weighted by atomic mass is 32.1. The summed E-state index contributed by atoms with van der Waals surface area (Å²) in [6, 6.07) is 1.98. The van der Waals surface area contributed by atoms with Gasteiger partial charge in [-0.3, -0.25) is 0 Å². The van der Waals surface area contributed by atoms with Crippen LogP contribution in [0.15, 0.2) is 0 Å². The predicted molar refractivity (Wildman–Crippen MR) is 44.3 cm³/mol. The van der Waals surface area contributed by atoms with E-state index in [2.05, 4.69) is 0 Å². The third-order valence-corrected chi connectivity index (χ3v) is 2.17. The molecule has 0 fully saturated rings. The third-order valence-electron chi connectivity index (χ3n) is 1.62. The van der Waals surface area contributed by atoms with Crippen LogP contribution < -0.4 is 5.73 Å². The molecule has 0 amide bonds. The van der Waals surface area contributed by atoms with E-state index in [0.717, 1.165) is 0 Å². The Morgan fingerprint density at radius 3 is 2.18 bits per heavy atom. The van der Waals surface area contributed by atoms with Crippen LogP contribution in [0, 0.1) is 16.1 Å². The van der Waals surface area contributed by atoms with E-state index in [1.54, 1.807) is 23.2 Å². The Morgan fingerprint density at radius 1 is 1.45 bits per heavy atom. The van der Waals surface area contributed by atoms with Crippen LogP contribution in [0.4, 0.5) is 5.82 Å². The van der Waals surface area contributed by atoms with Gasteiger partial charge in [0, 0.05) is 14.1 Å². The first-order valence-electron chi connectivity index (χ1n) is 3.01. The highest BCUT2D eigenvalue weighted by Crippen LogP contribution is 2.11. The molecular weight excluding hydrogens is 160 g/mol. The summed E-state index contributed by atoms with van der Waals surface area (Å²) in [4.78, 5) is 0. The fourth-order valence-corrected chi connectivity index (χ4v) is 1.08. The summed E-state index contributed by atoms with van der Waals surface area (Å²) in [6.45, 7) is 0. The van der Waals surface area contributed by atoms with E-state index in [-0.39, 0.29) is 0 Å². The van der Waals surface area contributed by atoms with E-state index in [4.69, 9.17) is 23.2 Å². The summed E-state index contributed by atoms with van der Waals surface area (Å²) < 4.78 is 3.75. The van der Waals surface area contributed by atoms with Gasteiger partial charge in [0.15, 0.2) is 10.5 Å². The van der Waals surface area contributed by atoms with Gasteiger partial charge in [-0.2, -0.15) is 5.26 Å². The van der Waals surface area contributed by atoms with Gasteiger partial charge in [-0.15, -0.1) is 0 Å². The van der Waals surface area contributed by atoms with Crippen molar-refractivity contribution in [3.63, 3.8) is 0 Å². The van der Waals surface area contributed by atoms with Crippen molar-refractivity contribution >= 4 is 18.0 Å². The number of nitrogens with two attached hydrogens (primary N) is 1. The molecule has 5 heteroatoms. The lowest BCUT2D eigenvalue weighted by molar-refractivity contribution is 0.812. The fourth-order valence-electron chi connectivity index (χ4n) is 0.887. The zero-order valence-corrected chi connectivity index (χ0v) is 7.14. The molecule has 0 aromatic carbocycles. The second-order valence-electron chi connectivity index (χ2n) is 2.25. The van der Waals surface area contributed by atoms with E-state index in [0.29, 0.717) is 16.3 Å². The summed E-state index contributed by atoms with van der Waals surface area (Å²) in [6.07, 6.45) is 0. The molecule has 1 rings (SSSR count). The maximum absolute atomic E-state index is 8.63. The van der Waals surface area contributed by atoms with Gasteiger partial charge < -0.3 is 14.9 Å². The molecule has 0 saturated carbocycles. The lowest BCUT2D eigenvalue weighted by Gasteiger charge is -1.90. The maximum atomic E-state index is 8.63. The number of anilines is 1. The monoisotopic (exact) mass is 168 g/mol. The molecule has 0 unspecified atom stereocenters. The van der Waals surface area contributed by atoms with Gasteiger partial charge in [-0.1, -0.05) is 0 Å². The summed E-state index contributed by atoms with van der Waals surface area (Å²) in [7, 11) is 3.45. The van der Waals surface area contributed by atoms with E-state index >= 15 is 0 Å². The van der Waals surface area contributed by atoms with Crippen molar-refractivity contribution in [3.8, 4) is 6.07 Å². The van der Waals surface area contributed by atoms with Crippen LogP contribution in [0.25, 0.3) is 0 Å². The first-order valence-corrected chi connectivity index (χ1v) is 3.41. The molecule has 0 aliphatic carbocycles. The van der Waals surface area contributed by atoms with Gasteiger partial charge in [0.2, 0.25) is 0 Å². The lowest BCUT2D eigenvalue weighted by Crippen LogP contribution is -1.96. The molecule has 1 heterocycles. The predicted octanol–water partition coefficient (Wildman–Crippen LogP) is 0.547. The first kappa shape index (κ1) is 7.82. The Balaban J connectivity index is 3.65. The molecular formula is C6H8N4S. The Kier molecular flexibility index (Phi) is 1.71. The van der Waals surface area contributed by atoms with Gasteiger partial charge in [0.25, 0.3) is 0 Å². The standard InChI is InChI=1S/C6H8N4S/c1-9-4(3-7)5(8)10(2)6(9)11/h8H2,1-2H3. The highest BCUT2D eigenvalue weighted by Gasteiger charge is 2.07. The number of nitrogens with zero attached hydrogens (tertiary/aromatic N) is 3. The molecule has 0 aliphatic heterocycles. The normalized spacial score (nSPS) is 9.55. The fraction of sp³-hybridized carbons (Fsp3) is 0.333. The smallest absolute Gasteiger partial charge is 0.181 e. The van der Waals surface area contributed by atoms with Gasteiger partial charge in [-0.05, 0) is 12.2 Å². The van der Waals surface area contributed by atoms with Crippen LogP contribution in [-0.4, -0.2) is 9.13 Å². The molecule has 1 aromatic rings. The Bertz CT molecular complexity index is 379. The van der Waals surface area contributed by atoms with Gasteiger partial charge in [-0.25, -0.2) is 0 Å². The molecule has 0 atom stereocenters. The zero-order chi connectivity index (χ0) is 8.59. The van der Waals surface area contributed by atoms with E-state index in [9.17, 15) is 0 Å². The highest BCUT2D eigenvalue weighted by molar-refractivity contribution is 7.71. The van der Waals surface area contributed by atoms with E-state index in [1.807, 2.05) is 6.07 Å². The molecule has 58 valence electrons. The molecule has 0 bridgehead atoms. The maximum Gasteiger partial charge on any atom is 0.181 e. The lowest BCUT2D eigenvalue weighted by atomic mass is 10.5. The minimum atomic E-state index is 0.414. The summed E-state index contributed by atoms with van der Waals surface area (Å²) in [5, 5.41) is 8.63. The minimum Gasteiger partial charge on any atom is -0.383 e. The first-order chi connectivity index (χ1) is 5.09. The van der Waals surface area contributed by atoms with E-state index in [1.165, 1.54) is 0 Å². The SMILES string of the molecule is Cn1c(N)c(C#N)n(C)c1=S. The number of aromatic nitrogens is 2. The Labute approximate surface area is 69.5 Å². The van der Waals surface area contributed by atoms with Crippen molar-refractivity contribution in [1.29, 1.82) is 5.26 Å². The van der Waals surface area contributed by atoms with Crippen molar-refractivity contribution in [3.05, 3.63) is 10.5 Å². The zero-order valence-electron chi connectivity index (χ0n) is 6.33. The third kappa shape index (κ3) is 0.917. The molecule has 1 aromatic heterocycles. The van der Waals surface area contributed by atoms with Crippen LogP contribution in [0.2, 0.25) is 0 Å². The van der Waals surface area contributed by atoms with Crippen molar-refractivity contribution < 1.29 is 0 Å². The van der Waals surface area contributed by atoms with E-state index < -0.39 is 0 Å². The minimum absolute atomic E-state index is 0.414. The average molecular weight is 168 g/mol. The number of hydrogen-bond donors (Lipinski definition) is 1. The van der Waals surface area contributed by atoms with Crippen LogP contribution in [0.1, 0.15) is 5.69 Å². The van der Waals surface area contributed by atoms with Crippen LogP contribution >= 0.6 is 12.2 Å². The van der Waals surface area contributed by atoms with Crippen LogP contribution in [0.5, 0.6) is 0 Å². The van der Waals surface area contributed by atoms with Crippen molar-refractivity contribution in [2.45, 2.75) is 0 Å². The second kappa shape index (κ2) is 2.40. The van der Waals surface area contributed by atoms with Crippen molar-refractivity contribution in [1.82, 2.24) is 9.13 Å². The number of nitriles is 1. The topological polar surface area (TPSA) is 59.7 Å². The molecule has 4 nitrogen and oxygen atoms in total. The molecule has 0 saturated heterocycles. The van der Waals surface area contributed by atoms with Crippen molar-refractivity contribution in [2.75, 3.05) is 5.73 Å². The summed E-state index contributed by atoms with van der Waals surface area (Å²) >= 11 is 4.96. The van der Waals surface area contributed by atoms with Gasteiger partial charge in [0.1, 0.15) is 11.9 Å². The molecule has 0 aliphatic rings. The van der Waals surface area contributed by atoms with Crippen LogP contribution in [-0.2, 0) is 14.1 Å². The Hall–Kier alpha value is -1.28. The summed E-state index contributed by atoms with van der Waals surface area (Å²) in [5.74, 6) is 0.417. The van der Waals surface area contributed by atoms with Gasteiger partial charge in [0.05, 0.1) is 0 Å².